The van der Waals surface area contributed by atoms with E-state index in [2.05, 4.69) is 10.6 Å². The quantitative estimate of drug-likeness (QED) is 0.875. The fourth-order valence-electron chi connectivity index (χ4n) is 1.25. The molecule has 0 aliphatic rings. The SMILES string of the molecule is CC(C)(C)NC(=O)CNc1ccc(F)c(Cl)c1. The molecule has 94 valence electrons. The predicted octanol–water partition coefficient (Wildman–Crippen LogP) is 2.81. The summed E-state index contributed by atoms with van der Waals surface area (Å²) in [7, 11) is 0. The maximum atomic E-state index is 12.9. The Bertz CT molecular complexity index is 415. The molecule has 0 saturated carbocycles. The predicted molar refractivity (Wildman–Crippen MR) is 67.8 cm³/mol. The van der Waals surface area contributed by atoms with Gasteiger partial charge in [-0.25, -0.2) is 4.39 Å². The molecule has 2 N–H and O–H groups in total. The molecule has 0 aliphatic carbocycles. The minimum absolute atomic E-state index is 0.0335. The molecule has 0 radical (unpaired) electrons. The van der Waals surface area contributed by atoms with E-state index in [1.165, 1.54) is 18.2 Å². The van der Waals surface area contributed by atoms with Crippen LogP contribution in [0.4, 0.5) is 10.1 Å². The van der Waals surface area contributed by atoms with Gasteiger partial charge < -0.3 is 10.6 Å². The third-order valence-corrected chi connectivity index (χ3v) is 2.18. The van der Waals surface area contributed by atoms with Crippen molar-refractivity contribution in [3.8, 4) is 0 Å². The third kappa shape index (κ3) is 5.04. The van der Waals surface area contributed by atoms with Crippen LogP contribution < -0.4 is 10.6 Å². The highest BCUT2D eigenvalue weighted by Gasteiger charge is 2.13. The lowest BCUT2D eigenvalue weighted by molar-refractivity contribution is -0.120. The number of hydrogen-bond acceptors (Lipinski definition) is 2. The molecule has 0 atom stereocenters. The standard InChI is InChI=1S/C12H16ClFN2O/c1-12(2,3)16-11(17)7-15-8-4-5-10(14)9(13)6-8/h4-6,15H,7H2,1-3H3,(H,16,17). The van der Waals surface area contributed by atoms with E-state index in [4.69, 9.17) is 11.6 Å². The van der Waals surface area contributed by atoms with Gasteiger partial charge >= 0.3 is 0 Å². The first-order chi connectivity index (χ1) is 7.78. The van der Waals surface area contributed by atoms with Crippen LogP contribution in [0.5, 0.6) is 0 Å². The molecule has 0 bridgehead atoms. The van der Waals surface area contributed by atoms with Gasteiger partial charge in [-0.1, -0.05) is 11.6 Å². The Balaban J connectivity index is 2.50. The average Bonchev–Trinajstić information content (AvgIpc) is 2.17. The van der Waals surface area contributed by atoms with Crippen LogP contribution in [-0.4, -0.2) is 18.0 Å². The molecule has 1 rings (SSSR count). The second-order valence-corrected chi connectivity index (χ2v) is 5.19. The van der Waals surface area contributed by atoms with Crippen molar-refractivity contribution in [1.82, 2.24) is 5.32 Å². The van der Waals surface area contributed by atoms with Crippen LogP contribution in [-0.2, 0) is 4.79 Å². The lowest BCUT2D eigenvalue weighted by Gasteiger charge is -2.20. The number of anilines is 1. The fourth-order valence-corrected chi connectivity index (χ4v) is 1.43. The minimum Gasteiger partial charge on any atom is -0.376 e. The number of hydrogen-bond donors (Lipinski definition) is 2. The first-order valence-electron chi connectivity index (χ1n) is 5.28. The summed E-state index contributed by atoms with van der Waals surface area (Å²) in [5.74, 6) is -0.602. The van der Waals surface area contributed by atoms with Crippen molar-refractivity contribution in [2.24, 2.45) is 0 Å². The number of amides is 1. The second kappa shape index (κ2) is 5.36. The minimum atomic E-state index is -0.476. The van der Waals surface area contributed by atoms with Crippen molar-refractivity contribution in [3.63, 3.8) is 0 Å². The highest BCUT2D eigenvalue weighted by atomic mass is 35.5. The third-order valence-electron chi connectivity index (χ3n) is 1.89. The molecule has 17 heavy (non-hydrogen) atoms. The Kier molecular flexibility index (Phi) is 4.34. The van der Waals surface area contributed by atoms with E-state index < -0.39 is 5.82 Å². The summed E-state index contributed by atoms with van der Waals surface area (Å²) in [6, 6.07) is 4.24. The average molecular weight is 259 g/mol. The number of rotatable bonds is 3. The lowest BCUT2D eigenvalue weighted by atomic mass is 10.1. The van der Waals surface area contributed by atoms with Gasteiger partial charge in [0, 0.05) is 11.2 Å². The van der Waals surface area contributed by atoms with E-state index in [0.29, 0.717) is 5.69 Å². The van der Waals surface area contributed by atoms with E-state index in [0.717, 1.165) is 0 Å². The molecule has 0 fully saturated rings. The summed E-state index contributed by atoms with van der Waals surface area (Å²) < 4.78 is 12.9. The van der Waals surface area contributed by atoms with Crippen molar-refractivity contribution < 1.29 is 9.18 Å². The maximum absolute atomic E-state index is 12.9. The van der Waals surface area contributed by atoms with Crippen molar-refractivity contribution in [2.75, 3.05) is 11.9 Å². The molecule has 5 heteroatoms. The Labute approximate surface area is 105 Å². The topological polar surface area (TPSA) is 41.1 Å². The van der Waals surface area contributed by atoms with Crippen LogP contribution in [0.15, 0.2) is 18.2 Å². The van der Waals surface area contributed by atoms with Gasteiger partial charge in [-0.15, -0.1) is 0 Å². The number of benzene rings is 1. The van der Waals surface area contributed by atoms with Crippen molar-refractivity contribution >= 4 is 23.2 Å². The van der Waals surface area contributed by atoms with Gasteiger partial charge in [0.2, 0.25) is 5.91 Å². The smallest absolute Gasteiger partial charge is 0.239 e. The van der Waals surface area contributed by atoms with E-state index in [9.17, 15) is 9.18 Å². The molecule has 0 spiro atoms. The molecule has 0 unspecified atom stereocenters. The van der Waals surface area contributed by atoms with Crippen molar-refractivity contribution in [1.29, 1.82) is 0 Å². The van der Waals surface area contributed by atoms with Gasteiger partial charge in [-0.2, -0.15) is 0 Å². The summed E-state index contributed by atoms with van der Waals surface area (Å²) in [6.07, 6.45) is 0. The summed E-state index contributed by atoms with van der Waals surface area (Å²) >= 11 is 5.62. The first-order valence-corrected chi connectivity index (χ1v) is 5.66. The highest BCUT2D eigenvalue weighted by Crippen LogP contribution is 2.18. The number of carbonyl (C=O) groups is 1. The number of halogens is 2. The van der Waals surface area contributed by atoms with Gasteiger partial charge in [0.25, 0.3) is 0 Å². The van der Waals surface area contributed by atoms with Crippen molar-refractivity contribution in [3.05, 3.63) is 29.0 Å². The number of carbonyl (C=O) groups excluding carboxylic acids is 1. The summed E-state index contributed by atoms with van der Waals surface area (Å²) in [5.41, 5.74) is 0.347. The Morgan fingerprint density at radius 3 is 2.59 bits per heavy atom. The van der Waals surface area contributed by atoms with Crippen molar-refractivity contribution in [2.45, 2.75) is 26.3 Å². The highest BCUT2D eigenvalue weighted by molar-refractivity contribution is 6.31. The normalized spacial score (nSPS) is 11.1. The first kappa shape index (κ1) is 13.8. The van der Waals surface area contributed by atoms with E-state index >= 15 is 0 Å². The van der Waals surface area contributed by atoms with E-state index in [1.54, 1.807) is 0 Å². The molecule has 0 aromatic heterocycles. The molecule has 0 aliphatic heterocycles. The number of nitrogens with one attached hydrogen (secondary N) is 2. The van der Waals surface area contributed by atoms with Gasteiger partial charge in [-0.3, -0.25) is 4.79 Å². The van der Waals surface area contributed by atoms with Crippen LogP contribution in [0, 0.1) is 5.82 Å². The monoisotopic (exact) mass is 258 g/mol. The summed E-state index contributed by atoms with van der Waals surface area (Å²) in [6.45, 7) is 5.83. The zero-order valence-corrected chi connectivity index (χ0v) is 10.9. The lowest BCUT2D eigenvalue weighted by Crippen LogP contribution is -2.43. The molecular weight excluding hydrogens is 243 g/mol. The van der Waals surface area contributed by atoms with Crippen LogP contribution >= 0.6 is 11.6 Å². The largest absolute Gasteiger partial charge is 0.376 e. The van der Waals surface area contributed by atoms with Crippen LogP contribution in [0.1, 0.15) is 20.8 Å². The molecule has 1 amide bonds. The van der Waals surface area contributed by atoms with Crippen LogP contribution in [0.2, 0.25) is 5.02 Å². The maximum Gasteiger partial charge on any atom is 0.239 e. The fraction of sp³-hybridized carbons (Fsp3) is 0.417. The Hall–Kier alpha value is -1.29. The van der Waals surface area contributed by atoms with E-state index in [-0.39, 0.29) is 23.0 Å². The molecule has 1 aromatic carbocycles. The summed E-state index contributed by atoms with van der Waals surface area (Å²) in [4.78, 5) is 11.5. The molecule has 0 saturated heterocycles. The van der Waals surface area contributed by atoms with Gasteiger partial charge in [0.15, 0.2) is 0 Å². The summed E-state index contributed by atoms with van der Waals surface area (Å²) in [5, 5.41) is 5.71. The molecular formula is C12H16ClFN2O. The molecule has 0 heterocycles. The molecule has 1 aromatic rings. The van der Waals surface area contributed by atoms with Gasteiger partial charge in [0.1, 0.15) is 5.82 Å². The zero-order valence-electron chi connectivity index (χ0n) is 10.1. The Morgan fingerprint density at radius 2 is 2.06 bits per heavy atom. The zero-order chi connectivity index (χ0) is 13.1. The van der Waals surface area contributed by atoms with Gasteiger partial charge in [-0.05, 0) is 39.0 Å². The van der Waals surface area contributed by atoms with E-state index in [1.807, 2.05) is 20.8 Å². The Morgan fingerprint density at radius 1 is 1.41 bits per heavy atom. The van der Waals surface area contributed by atoms with Crippen LogP contribution in [0.3, 0.4) is 0 Å². The van der Waals surface area contributed by atoms with Gasteiger partial charge in [0.05, 0.1) is 11.6 Å². The second-order valence-electron chi connectivity index (χ2n) is 4.78. The molecule has 3 nitrogen and oxygen atoms in total. The van der Waals surface area contributed by atoms with Crippen LogP contribution in [0.25, 0.3) is 0 Å².